The van der Waals surface area contributed by atoms with Crippen LogP contribution in [-0.4, -0.2) is 28.3 Å². The van der Waals surface area contributed by atoms with E-state index in [1.165, 1.54) is 0 Å². The van der Waals surface area contributed by atoms with Crippen LogP contribution in [0.4, 0.5) is 0 Å². The number of phenols is 1. The second-order valence-electron chi connectivity index (χ2n) is 8.76. The summed E-state index contributed by atoms with van der Waals surface area (Å²) in [6.07, 6.45) is 12.2. The third-order valence-corrected chi connectivity index (χ3v) is 6.42. The number of carboxylic acids is 1. The second-order valence-corrected chi connectivity index (χ2v) is 8.76. The minimum absolute atomic E-state index is 0.175. The van der Waals surface area contributed by atoms with Crippen molar-refractivity contribution < 1.29 is 24.5 Å². The summed E-state index contributed by atoms with van der Waals surface area (Å²) in [5, 5.41) is 19.2. The average molecular weight is 389 g/mol. The van der Waals surface area contributed by atoms with Gasteiger partial charge in [0.25, 0.3) is 6.47 Å². The Morgan fingerprint density at radius 2 is 1.54 bits per heavy atom. The van der Waals surface area contributed by atoms with Gasteiger partial charge >= 0.3 is 5.97 Å². The van der Waals surface area contributed by atoms with Crippen LogP contribution in [0.1, 0.15) is 81.8 Å². The van der Waals surface area contributed by atoms with Gasteiger partial charge in [0.05, 0.1) is 5.41 Å². The lowest BCUT2D eigenvalue weighted by atomic mass is 9.96. The van der Waals surface area contributed by atoms with Crippen LogP contribution >= 0.6 is 0 Å². The highest BCUT2D eigenvalue weighted by atomic mass is 16.5. The standard InChI is InChI=1S/C23H32O5/c24-17-28-23(12-13-23)9-5-3-7-19-14-18(15-20(25)16-19)6-2-1-4-8-22(10-11-22)21(26)27/h14-17,25H,1-13H2,(H,26,27). The van der Waals surface area contributed by atoms with Crippen LogP contribution < -0.4 is 0 Å². The number of benzene rings is 1. The van der Waals surface area contributed by atoms with Gasteiger partial charge in [-0.15, -0.1) is 0 Å². The summed E-state index contributed by atoms with van der Waals surface area (Å²) < 4.78 is 5.18. The number of carbonyl (C=O) groups is 2. The first-order valence-corrected chi connectivity index (χ1v) is 10.6. The van der Waals surface area contributed by atoms with Crippen molar-refractivity contribution in [1.29, 1.82) is 0 Å². The summed E-state index contributed by atoms with van der Waals surface area (Å²) in [6.45, 7) is 0.570. The number of carboxylic acid groups (broad SMARTS) is 1. The molecule has 2 aliphatic carbocycles. The Labute approximate surface area is 167 Å². The van der Waals surface area contributed by atoms with Gasteiger partial charge in [-0.1, -0.05) is 18.9 Å². The number of aliphatic carboxylic acids is 1. The summed E-state index contributed by atoms with van der Waals surface area (Å²) in [5.41, 5.74) is 1.72. The first kappa shape index (κ1) is 20.7. The van der Waals surface area contributed by atoms with Gasteiger partial charge in [-0.25, -0.2) is 0 Å². The SMILES string of the molecule is O=COC1(CCCCc2cc(O)cc(CCCCCC3(C(=O)O)CC3)c2)CC1. The van der Waals surface area contributed by atoms with E-state index in [0.717, 1.165) is 94.6 Å². The van der Waals surface area contributed by atoms with Gasteiger partial charge in [0, 0.05) is 0 Å². The molecule has 0 atom stereocenters. The summed E-state index contributed by atoms with van der Waals surface area (Å²) in [4.78, 5) is 21.7. The van der Waals surface area contributed by atoms with Crippen molar-refractivity contribution in [2.24, 2.45) is 5.41 Å². The molecule has 2 fully saturated rings. The molecule has 0 saturated heterocycles. The van der Waals surface area contributed by atoms with Gasteiger partial charge in [-0.2, -0.15) is 0 Å². The number of phenolic OH excluding ortho intramolecular Hbond substituents is 1. The summed E-state index contributed by atoms with van der Waals surface area (Å²) in [5.74, 6) is -0.311. The van der Waals surface area contributed by atoms with E-state index < -0.39 is 11.4 Å². The van der Waals surface area contributed by atoms with Gasteiger partial charge in [-0.05, 0) is 93.9 Å². The molecule has 5 heteroatoms. The van der Waals surface area contributed by atoms with Crippen molar-refractivity contribution in [3.05, 3.63) is 29.3 Å². The second kappa shape index (κ2) is 8.97. The minimum atomic E-state index is -0.629. The highest BCUT2D eigenvalue weighted by Crippen LogP contribution is 2.50. The van der Waals surface area contributed by atoms with Crippen LogP contribution in [-0.2, 0) is 27.2 Å². The van der Waals surface area contributed by atoms with Crippen LogP contribution in [0.3, 0.4) is 0 Å². The summed E-state index contributed by atoms with van der Waals surface area (Å²) >= 11 is 0. The van der Waals surface area contributed by atoms with Crippen LogP contribution in [0.2, 0.25) is 0 Å². The molecule has 2 N–H and O–H groups in total. The van der Waals surface area contributed by atoms with Crippen molar-refractivity contribution in [2.75, 3.05) is 0 Å². The largest absolute Gasteiger partial charge is 0.508 e. The normalized spacial score (nSPS) is 18.4. The smallest absolute Gasteiger partial charge is 0.309 e. The molecule has 0 aromatic heterocycles. The fourth-order valence-electron chi connectivity index (χ4n) is 4.17. The molecule has 28 heavy (non-hydrogen) atoms. The molecule has 0 spiro atoms. The first-order valence-electron chi connectivity index (χ1n) is 10.6. The van der Waals surface area contributed by atoms with E-state index in [9.17, 15) is 19.8 Å². The van der Waals surface area contributed by atoms with E-state index in [4.69, 9.17) is 4.74 Å². The van der Waals surface area contributed by atoms with E-state index in [1.807, 2.05) is 12.1 Å². The van der Waals surface area contributed by atoms with E-state index in [2.05, 4.69) is 6.07 Å². The number of hydrogen-bond acceptors (Lipinski definition) is 4. The molecule has 0 radical (unpaired) electrons. The van der Waals surface area contributed by atoms with Crippen molar-refractivity contribution >= 4 is 12.4 Å². The number of aromatic hydroxyl groups is 1. The van der Waals surface area contributed by atoms with E-state index >= 15 is 0 Å². The predicted octanol–water partition coefficient (Wildman–Crippen LogP) is 4.78. The fourth-order valence-corrected chi connectivity index (χ4v) is 4.17. The van der Waals surface area contributed by atoms with Gasteiger partial charge in [0.2, 0.25) is 0 Å². The van der Waals surface area contributed by atoms with Crippen molar-refractivity contribution in [3.8, 4) is 5.75 Å². The quantitative estimate of drug-likeness (QED) is 0.354. The maximum Gasteiger partial charge on any atom is 0.309 e. The van der Waals surface area contributed by atoms with Gasteiger partial charge in [-0.3, -0.25) is 9.59 Å². The topological polar surface area (TPSA) is 83.8 Å². The molecule has 154 valence electrons. The molecular weight excluding hydrogens is 356 g/mol. The molecule has 2 saturated carbocycles. The average Bonchev–Trinajstić information content (AvgIpc) is 3.56. The van der Waals surface area contributed by atoms with E-state index in [-0.39, 0.29) is 5.60 Å². The first-order chi connectivity index (χ1) is 13.5. The molecule has 5 nitrogen and oxygen atoms in total. The molecule has 1 aromatic carbocycles. The zero-order chi connectivity index (χ0) is 20.0. The van der Waals surface area contributed by atoms with Crippen molar-refractivity contribution in [3.63, 3.8) is 0 Å². The number of unbranched alkanes of at least 4 members (excludes halogenated alkanes) is 3. The molecule has 0 aliphatic heterocycles. The lowest BCUT2D eigenvalue weighted by Gasteiger charge is -2.13. The van der Waals surface area contributed by atoms with Gasteiger partial charge in [0.1, 0.15) is 11.4 Å². The third-order valence-electron chi connectivity index (χ3n) is 6.42. The van der Waals surface area contributed by atoms with Crippen molar-refractivity contribution in [2.45, 2.75) is 89.1 Å². The lowest BCUT2D eigenvalue weighted by Crippen LogP contribution is -2.14. The fraction of sp³-hybridized carbons (Fsp3) is 0.652. The third kappa shape index (κ3) is 5.73. The van der Waals surface area contributed by atoms with Crippen LogP contribution in [0.15, 0.2) is 18.2 Å². The number of rotatable bonds is 14. The van der Waals surface area contributed by atoms with Gasteiger partial charge < -0.3 is 14.9 Å². The molecule has 3 rings (SSSR count). The number of carbonyl (C=O) groups excluding carboxylic acids is 1. The Balaban J connectivity index is 1.35. The minimum Gasteiger partial charge on any atom is -0.508 e. The monoisotopic (exact) mass is 388 g/mol. The molecule has 0 amide bonds. The Bertz CT molecular complexity index is 688. The highest BCUT2D eigenvalue weighted by Gasteiger charge is 2.49. The summed E-state index contributed by atoms with van der Waals surface area (Å²) in [7, 11) is 0. The zero-order valence-electron chi connectivity index (χ0n) is 16.6. The van der Waals surface area contributed by atoms with Crippen LogP contribution in [0.5, 0.6) is 5.75 Å². The van der Waals surface area contributed by atoms with Crippen LogP contribution in [0, 0.1) is 5.41 Å². The molecule has 0 bridgehead atoms. The Morgan fingerprint density at radius 1 is 0.929 bits per heavy atom. The molecule has 0 unspecified atom stereocenters. The Morgan fingerprint density at radius 3 is 2.07 bits per heavy atom. The van der Waals surface area contributed by atoms with Crippen LogP contribution in [0.25, 0.3) is 0 Å². The maximum atomic E-state index is 11.2. The Kier molecular flexibility index (Phi) is 6.63. The number of aryl methyl sites for hydroxylation is 2. The molecule has 1 aromatic rings. The van der Waals surface area contributed by atoms with E-state index in [0.29, 0.717) is 12.2 Å². The number of hydrogen-bond donors (Lipinski definition) is 2. The van der Waals surface area contributed by atoms with E-state index in [1.54, 1.807) is 0 Å². The zero-order valence-corrected chi connectivity index (χ0v) is 16.6. The predicted molar refractivity (Wildman–Crippen MR) is 106 cm³/mol. The highest BCUT2D eigenvalue weighted by molar-refractivity contribution is 5.77. The van der Waals surface area contributed by atoms with Crippen molar-refractivity contribution in [1.82, 2.24) is 0 Å². The molecule has 2 aliphatic rings. The lowest BCUT2D eigenvalue weighted by molar-refractivity contribution is -0.143. The summed E-state index contributed by atoms with van der Waals surface area (Å²) in [6, 6.07) is 5.84. The molecular formula is C23H32O5. The Hall–Kier alpha value is -2.04. The van der Waals surface area contributed by atoms with Gasteiger partial charge in [0.15, 0.2) is 0 Å². The molecule has 0 heterocycles. The number of ether oxygens (including phenoxy) is 1. The maximum absolute atomic E-state index is 11.2.